The number of phenolic OH excluding ortho intramolecular Hbond substituents is 3. The summed E-state index contributed by atoms with van der Waals surface area (Å²) >= 11 is 0. The summed E-state index contributed by atoms with van der Waals surface area (Å²) < 4.78 is 13.3. The first-order valence-electron chi connectivity index (χ1n) is 19.7. The molecule has 7 rings (SSSR count). The molecule has 6 amide bonds. The van der Waals surface area contributed by atoms with Crippen molar-refractivity contribution in [3.63, 3.8) is 0 Å². The Bertz CT molecular complexity index is 3110. The summed E-state index contributed by atoms with van der Waals surface area (Å²) in [4.78, 5) is 75.7. The molecule has 356 valence electrons. The Labute approximate surface area is 392 Å². The number of aromatic hydroxyl groups is 3. The maximum Gasteiger partial charge on any atom is 0.323 e. The molecule has 70 heavy (non-hydrogen) atoms. The molecule has 7 aromatic rings. The van der Waals surface area contributed by atoms with Gasteiger partial charge in [0, 0.05) is 29.8 Å². The molecule has 24 nitrogen and oxygen atoms in total. The topological polar surface area (TPSA) is 357 Å². The van der Waals surface area contributed by atoms with Crippen molar-refractivity contribution in [2.45, 2.75) is 0 Å². The van der Waals surface area contributed by atoms with Crippen molar-refractivity contribution < 1.29 is 53.8 Å². The summed E-state index contributed by atoms with van der Waals surface area (Å²) in [6.07, 6.45) is 0. The lowest BCUT2D eigenvalue weighted by atomic mass is 10.0. The van der Waals surface area contributed by atoms with Gasteiger partial charge in [0.1, 0.15) is 28.8 Å². The second-order valence-corrected chi connectivity index (χ2v) is 13.8. The predicted octanol–water partition coefficient (Wildman–Crippen LogP) is 10.5. The van der Waals surface area contributed by atoms with E-state index in [0.717, 1.165) is 47.5 Å². The number of nitrogens with zero attached hydrogens (tertiary/aromatic N) is 4. The van der Waals surface area contributed by atoms with Gasteiger partial charge in [0.05, 0.1) is 66.3 Å². The van der Waals surface area contributed by atoms with Crippen LogP contribution in [-0.2, 0) is 0 Å². The minimum Gasteiger partial charge on any atom is -0.506 e. The SMILES string of the molecule is O=C(Nc1ccc([N+](=O)[O-])cc1O)Nc1ccccc1-c1ccccc1.O=C(Nc1ccc([N+](=O)[O-])cc1O)Nc1ccccc1F.O=C(Nc1ccc([N+](=O)[O-])cc1O)Nc1ccccc1[N+](=O)[O-]. The van der Waals surface area contributed by atoms with Crippen LogP contribution in [0.3, 0.4) is 0 Å². The minimum absolute atomic E-state index is 0.0311. The van der Waals surface area contributed by atoms with Crippen LogP contribution < -0.4 is 31.9 Å². The summed E-state index contributed by atoms with van der Waals surface area (Å²) in [6, 6.07) is 35.5. The smallest absolute Gasteiger partial charge is 0.323 e. The monoisotopic (exact) mass is 958 g/mol. The van der Waals surface area contributed by atoms with E-state index in [9.17, 15) is 74.6 Å². The van der Waals surface area contributed by atoms with Crippen molar-refractivity contribution >= 4 is 75.0 Å². The van der Waals surface area contributed by atoms with E-state index < -0.39 is 55.1 Å². The number of nitrogens with one attached hydrogen (secondary N) is 6. The van der Waals surface area contributed by atoms with Gasteiger partial charge in [-0.2, -0.15) is 0 Å². The Morgan fingerprint density at radius 2 is 0.729 bits per heavy atom. The lowest BCUT2D eigenvalue weighted by Gasteiger charge is -2.12. The van der Waals surface area contributed by atoms with Crippen LogP contribution in [0.2, 0.25) is 0 Å². The number of carbonyl (C=O) groups is 3. The van der Waals surface area contributed by atoms with Crippen molar-refractivity contribution in [2.24, 2.45) is 0 Å². The number of hydrogen-bond acceptors (Lipinski definition) is 14. The van der Waals surface area contributed by atoms with Gasteiger partial charge in [0.2, 0.25) is 0 Å². The maximum absolute atomic E-state index is 13.3. The van der Waals surface area contributed by atoms with Crippen LogP contribution in [0, 0.1) is 46.3 Å². The average molecular weight is 959 g/mol. The quantitative estimate of drug-likeness (QED) is 0.0331. The third-order valence-electron chi connectivity index (χ3n) is 9.05. The van der Waals surface area contributed by atoms with Crippen LogP contribution in [0.4, 0.5) is 75.6 Å². The fourth-order valence-corrected chi connectivity index (χ4v) is 5.81. The van der Waals surface area contributed by atoms with E-state index in [2.05, 4.69) is 31.9 Å². The zero-order valence-corrected chi connectivity index (χ0v) is 35.5. The number of rotatable bonds is 11. The molecular weight excluding hydrogens is 924 g/mol. The minimum atomic E-state index is -0.844. The Kier molecular flexibility index (Phi) is 16.9. The molecule has 25 heteroatoms. The average Bonchev–Trinajstić information content (AvgIpc) is 3.32. The van der Waals surface area contributed by atoms with Crippen molar-refractivity contribution in [3.05, 3.63) is 204 Å². The van der Waals surface area contributed by atoms with Crippen molar-refractivity contribution in [2.75, 3.05) is 31.9 Å². The highest BCUT2D eigenvalue weighted by molar-refractivity contribution is 6.04. The normalized spacial score (nSPS) is 10.0. The maximum atomic E-state index is 13.3. The molecule has 0 spiro atoms. The number of anilines is 6. The molecule has 9 N–H and O–H groups in total. The fraction of sp³-hybridized carbons (Fsp3) is 0. The molecule has 7 aromatic carbocycles. The van der Waals surface area contributed by atoms with E-state index in [1.165, 1.54) is 60.7 Å². The van der Waals surface area contributed by atoms with Gasteiger partial charge in [-0.05, 0) is 48.0 Å². The van der Waals surface area contributed by atoms with Gasteiger partial charge in [-0.1, -0.05) is 72.8 Å². The van der Waals surface area contributed by atoms with E-state index in [4.69, 9.17) is 0 Å². The highest BCUT2D eigenvalue weighted by atomic mass is 19.1. The zero-order chi connectivity index (χ0) is 50.9. The molecular formula is C45H35FN10O14. The van der Waals surface area contributed by atoms with Crippen LogP contribution >= 0.6 is 0 Å². The molecule has 0 bridgehead atoms. The van der Waals surface area contributed by atoms with Gasteiger partial charge in [-0.25, -0.2) is 18.8 Å². The second kappa shape index (κ2) is 23.5. The first-order chi connectivity index (χ1) is 33.4. The molecule has 0 aliphatic heterocycles. The Balaban J connectivity index is 0.000000197. The molecule has 0 heterocycles. The van der Waals surface area contributed by atoms with Crippen LogP contribution in [-0.4, -0.2) is 53.1 Å². The number of nitro benzene ring substituents is 4. The highest BCUT2D eigenvalue weighted by Crippen LogP contribution is 2.32. The molecule has 0 aliphatic carbocycles. The van der Waals surface area contributed by atoms with E-state index in [-0.39, 0.29) is 56.9 Å². The molecule has 0 saturated heterocycles. The molecule has 0 aromatic heterocycles. The lowest BCUT2D eigenvalue weighted by molar-refractivity contribution is -0.385. The predicted molar refractivity (Wildman–Crippen MR) is 254 cm³/mol. The molecule has 0 fully saturated rings. The summed E-state index contributed by atoms with van der Waals surface area (Å²) in [5.74, 6) is -1.96. The van der Waals surface area contributed by atoms with Crippen LogP contribution in [0.1, 0.15) is 0 Å². The van der Waals surface area contributed by atoms with E-state index in [1.54, 1.807) is 18.2 Å². The highest BCUT2D eigenvalue weighted by Gasteiger charge is 2.18. The number of hydrogen-bond donors (Lipinski definition) is 9. The third kappa shape index (κ3) is 14.1. The molecule has 0 atom stereocenters. The summed E-state index contributed by atoms with van der Waals surface area (Å²) in [5, 5.41) is 85.9. The van der Waals surface area contributed by atoms with Crippen LogP contribution in [0.15, 0.2) is 158 Å². The Morgan fingerprint density at radius 1 is 0.386 bits per heavy atom. The summed E-state index contributed by atoms with van der Waals surface area (Å²) in [7, 11) is 0. The number of para-hydroxylation sites is 4. The Morgan fingerprint density at radius 3 is 1.14 bits per heavy atom. The van der Waals surface area contributed by atoms with Gasteiger partial charge in [0.15, 0.2) is 0 Å². The number of non-ortho nitro benzene ring substituents is 3. The van der Waals surface area contributed by atoms with Crippen molar-refractivity contribution in [1.82, 2.24) is 0 Å². The van der Waals surface area contributed by atoms with E-state index >= 15 is 0 Å². The number of nitro groups is 4. The summed E-state index contributed by atoms with van der Waals surface area (Å²) in [5.41, 5.74) is 1.08. The summed E-state index contributed by atoms with van der Waals surface area (Å²) in [6.45, 7) is 0. The standard InChI is InChI=1S/C19H15N3O4.C13H10FN3O4.C13H10N4O6/c23-18-12-14(22(25)26)10-11-17(18)21-19(24)20-16-9-5-4-8-15(16)13-6-2-1-3-7-13;14-9-3-1-2-4-10(9)15-13(19)16-11-6-5-8(17(20)21)7-12(11)18;18-12-7-8(16(20)21)5-6-10(12)15-13(19)14-9-3-1-2-4-11(9)17(22)23/h1-12,23H,(H2,20,21,24);1-7,18H,(H2,15,16,19);1-7,18H,(H2,14,15,19). The fourth-order valence-electron chi connectivity index (χ4n) is 5.81. The number of amides is 6. The lowest BCUT2D eigenvalue weighted by Crippen LogP contribution is -2.20. The number of carbonyl (C=O) groups excluding carboxylic acids is 3. The zero-order valence-electron chi connectivity index (χ0n) is 35.5. The third-order valence-corrected chi connectivity index (χ3v) is 9.05. The largest absolute Gasteiger partial charge is 0.506 e. The number of benzene rings is 7. The van der Waals surface area contributed by atoms with E-state index in [1.807, 2.05) is 42.5 Å². The molecule has 0 aliphatic rings. The molecule has 0 saturated carbocycles. The number of urea groups is 3. The number of phenols is 3. The van der Waals surface area contributed by atoms with Gasteiger partial charge >= 0.3 is 18.1 Å². The van der Waals surface area contributed by atoms with Gasteiger partial charge in [0.25, 0.3) is 22.7 Å². The van der Waals surface area contributed by atoms with Crippen LogP contribution in [0.25, 0.3) is 11.1 Å². The van der Waals surface area contributed by atoms with Crippen LogP contribution in [0.5, 0.6) is 17.2 Å². The number of halogens is 1. The Hall–Kier alpha value is -10.7. The van der Waals surface area contributed by atoms with Crippen molar-refractivity contribution in [1.29, 1.82) is 0 Å². The van der Waals surface area contributed by atoms with E-state index in [0.29, 0.717) is 5.69 Å². The van der Waals surface area contributed by atoms with Gasteiger partial charge in [-0.15, -0.1) is 0 Å². The second-order valence-electron chi connectivity index (χ2n) is 13.8. The van der Waals surface area contributed by atoms with Gasteiger partial charge < -0.3 is 47.2 Å². The first kappa shape index (κ1) is 50.3. The van der Waals surface area contributed by atoms with Gasteiger partial charge in [-0.3, -0.25) is 40.5 Å². The van der Waals surface area contributed by atoms with Crippen molar-refractivity contribution in [3.8, 4) is 28.4 Å². The molecule has 0 radical (unpaired) electrons. The molecule has 0 unspecified atom stereocenters. The first-order valence-corrected chi connectivity index (χ1v) is 19.7.